The fourth-order valence-electron chi connectivity index (χ4n) is 11.4. The van der Waals surface area contributed by atoms with Gasteiger partial charge in [0.15, 0.2) is 0 Å². The second-order valence-corrected chi connectivity index (χ2v) is 18.4. The Hall–Kier alpha value is -8.20. The Balaban J connectivity index is 1.05. The fraction of sp³-hybridized carbons (Fsp3) is 0.0625. The molecular formula is C64H45NO. The molecule has 0 atom stereocenters. The minimum absolute atomic E-state index is 0.152. The van der Waals surface area contributed by atoms with E-state index in [1.54, 1.807) is 0 Å². The summed E-state index contributed by atoms with van der Waals surface area (Å²) in [7, 11) is 0. The molecule has 1 heterocycles. The van der Waals surface area contributed by atoms with E-state index in [1.807, 2.05) is 0 Å². The number of hydrogen-bond acceptors (Lipinski definition) is 2. The number of nitrogens with zero attached hydrogens (tertiary/aromatic N) is 1. The number of benzene rings is 10. The summed E-state index contributed by atoms with van der Waals surface area (Å²) in [5, 5.41) is 0. The summed E-state index contributed by atoms with van der Waals surface area (Å²) in [4.78, 5) is 2.46. The van der Waals surface area contributed by atoms with Crippen molar-refractivity contribution < 1.29 is 4.74 Å². The summed E-state index contributed by atoms with van der Waals surface area (Å²) in [6.45, 7) is 4.73. The van der Waals surface area contributed by atoms with Crippen molar-refractivity contribution in [2.24, 2.45) is 0 Å². The molecule has 10 aromatic rings. The standard InChI is InChI=1S/C64H45NO/c1-63(2)55-24-14-12-22-51(55)53-34-32-49(40-59(53)63)65(48-30-26-45(27-31-48)42-16-6-3-7-17-42)50-33-35-54-52-23-13-15-25-56(52)64(60(54)41-50)57-36-28-46(43-18-8-4-9-19-43)38-61(57)66-62-39-47(29-37-58(62)64)44-20-10-5-11-21-44/h3-41H,1-2H3. The molecule has 13 rings (SSSR count). The molecule has 312 valence electrons. The molecule has 0 radical (unpaired) electrons. The predicted octanol–water partition coefficient (Wildman–Crippen LogP) is 16.9. The van der Waals surface area contributed by atoms with Crippen molar-refractivity contribution in [1.82, 2.24) is 0 Å². The highest BCUT2D eigenvalue weighted by atomic mass is 16.5. The first kappa shape index (κ1) is 38.3. The van der Waals surface area contributed by atoms with Crippen LogP contribution in [0.3, 0.4) is 0 Å². The molecule has 0 fully saturated rings. The Labute approximate surface area is 386 Å². The first-order chi connectivity index (χ1) is 32.5. The molecule has 1 aliphatic heterocycles. The lowest BCUT2D eigenvalue weighted by Crippen LogP contribution is -2.32. The van der Waals surface area contributed by atoms with E-state index >= 15 is 0 Å². The zero-order chi connectivity index (χ0) is 44.0. The Morgan fingerprint density at radius 2 is 0.682 bits per heavy atom. The monoisotopic (exact) mass is 843 g/mol. The maximum atomic E-state index is 7.16. The highest BCUT2D eigenvalue weighted by molar-refractivity contribution is 5.93. The number of anilines is 3. The number of fused-ring (bicyclic) bond motifs is 12. The molecule has 2 heteroatoms. The molecule has 0 bridgehead atoms. The first-order valence-electron chi connectivity index (χ1n) is 23.0. The third-order valence-corrected chi connectivity index (χ3v) is 14.5. The molecule has 0 aromatic heterocycles. The van der Waals surface area contributed by atoms with Crippen molar-refractivity contribution >= 4 is 17.1 Å². The minimum Gasteiger partial charge on any atom is -0.457 e. The molecule has 0 saturated heterocycles. The van der Waals surface area contributed by atoms with E-state index in [0.29, 0.717) is 0 Å². The van der Waals surface area contributed by atoms with Gasteiger partial charge in [-0.15, -0.1) is 0 Å². The highest BCUT2D eigenvalue weighted by Crippen LogP contribution is 2.63. The second kappa shape index (κ2) is 14.7. The molecule has 66 heavy (non-hydrogen) atoms. The molecular weight excluding hydrogens is 799 g/mol. The van der Waals surface area contributed by atoms with E-state index in [1.165, 1.54) is 55.6 Å². The van der Waals surface area contributed by atoms with Crippen LogP contribution in [-0.2, 0) is 10.8 Å². The van der Waals surface area contributed by atoms with Crippen molar-refractivity contribution in [3.8, 4) is 67.1 Å². The van der Waals surface area contributed by atoms with Crippen molar-refractivity contribution in [2.45, 2.75) is 24.7 Å². The largest absolute Gasteiger partial charge is 0.457 e. The summed E-state index contributed by atoms with van der Waals surface area (Å²) in [5.74, 6) is 1.74. The topological polar surface area (TPSA) is 12.5 Å². The van der Waals surface area contributed by atoms with Gasteiger partial charge < -0.3 is 9.64 Å². The predicted molar refractivity (Wildman–Crippen MR) is 272 cm³/mol. The summed E-state index contributed by atoms with van der Waals surface area (Å²) < 4.78 is 7.16. The van der Waals surface area contributed by atoms with Crippen LogP contribution in [0, 0.1) is 0 Å². The third kappa shape index (κ3) is 5.68. The van der Waals surface area contributed by atoms with Gasteiger partial charge in [-0.05, 0) is 126 Å². The smallest absolute Gasteiger partial charge is 0.132 e. The van der Waals surface area contributed by atoms with Gasteiger partial charge in [-0.1, -0.05) is 202 Å². The van der Waals surface area contributed by atoms with Gasteiger partial charge >= 0.3 is 0 Å². The number of ether oxygens (including phenoxy) is 1. The Morgan fingerprint density at radius 1 is 0.288 bits per heavy atom. The van der Waals surface area contributed by atoms with E-state index in [-0.39, 0.29) is 5.41 Å². The van der Waals surface area contributed by atoms with Crippen LogP contribution in [0.15, 0.2) is 237 Å². The van der Waals surface area contributed by atoms with Crippen molar-refractivity contribution in [1.29, 1.82) is 0 Å². The summed E-state index contributed by atoms with van der Waals surface area (Å²) >= 11 is 0. The lowest BCUT2D eigenvalue weighted by Gasteiger charge is -2.40. The van der Waals surface area contributed by atoms with Gasteiger partial charge in [0.25, 0.3) is 0 Å². The summed E-state index contributed by atoms with van der Waals surface area (Å²) in [5.41, 5.74) is 22.1. The van der Waals surface area contributed by atoms with E-state index < -0.39 is 5.41 Å². The molecule has 0 amide bonds. The highest BCUT2D eigenvalue weighted by Gasteiger charge is 2.51. The van der Waals surface area contributed by atoms with Crippen LogP contribution >= 0.6 is 0 Å². The average Bonchev–Trinajstić information content (AvgIpc) is 3.79. The fourth-order valence-corrected chi connectivity index (χ4v) is 11.4. The molecule has 0 N–H and O–H groups in total. The van der Waals surface area contributed by atoms with Gasteiger partial charge in [-0.2, -0.15) is 0 Å². The van der Waals surface area contributed by atoms with E-state index in [0.717, 1.165) is 61.9 Å². The summed E-state index contributed by atoms with van der Waals surface area (Å²) in [6, 6.07) is 86.8. The van der Waals surface area contributed by atoms with E-state index in [9.17, 15) is 0 Å². The lowest BCUT2D eigenvalue weighted by atomic mass is 9.65. The van der Waals surface area contributed by atoms with Crippen molar-refractivity contribution in [3.05, 3.63) is 270 Å². The quantitative estimate of drug-likeness (QED) is 0.165. The van der Waals surface area contributed by atoms with Gasteiger partial charge in [0, 0.05) is 33.6 Å². The summed E-state index contributed by atoms with van der Waals surface area (Å²) in [6.07, 6.45) is 0. The molecule has 2 nitrogen and oxygen atoms in total. The van der Waals surface area contributed by atoms with Crippen LogP contribution in [0.25, 0.3) is 55.6 Å². The van der Waals surface area contributed by atoms with Gasteiger partial charge in [-0.25, -0.2) is 0 Å². The van der Waals surface area contributed by atoms with E-state index in [4.69, 9.17) is 4.74 Å². The number of rotatable bonds is 6. The Morgan fingerprint density at radius 3 is 1.24 bits per heavy atom. The molecule has 0 unspecified atom stereocenters. The van der Waals surface area contributed by atoms with Gasteiger partial charge in [-0.3, -0.25) is 0 Å². The maximum absolute atomic E-state index is 7.16. The Bertz CT molecular complexity index is 3430. The number of hydrogen-bond donors (Lipinski definition) is 0. The maximum Gasteiger partial charge on any atom is 0.132 e. The SMILES string of the molecule is CC1(C)c2ccccc2-c2ccc(N(c3ccc(-c4ccccc4)cc3)c3ccc4c(c3)C3(c5ccc(-c6ccccc6)cc5Oc5cc(-c6ccccc6)ccc53)c3ccccc3-4)cc21. The van der Waals surface area contributed by atoms with Crippen LogP contribution in [0.5, 0.6) is 11.5 Å². The molecule has 3 aliphatic rings. The Kier molecular flexibility index (Phi) is 8.51. The van der Waals surface area contributed by atoms with Crippen molar-refractivity contribution in [2.75, 3.05) is 4.90 Å². The van der Waals surface area contributed by atoms with Crippen LogP contribution in [-0.4, -0.2) is 0 Å². The van der Waals surface area contributed by atoms with Crippen LogP contribution in [0.1, 0.15) is 47.2 Å². The van der Waals surface area contributed by atoms with Crippen molar-refractivity contribution in [3.63, 3.8) is 0 Å². The molecule has 0 saturated carbocycles. The molecule has 1 spiro atoms. The normalized spacial score (nSPS) is 14.0. The zero-order valence-corrected chi connectivity index (χ0v) is 36.9. The van der Waals surface area contributed by atoms with E-state index in [2.05, 4.69) is 255 Å². The average molecular weight is 844 g/mol. The molecule has 2 aliphatic carbocycles. The third-order valence-electron chi connectivity index (χ3n) is 14.5. The van der Waals surface area contributed by atoms with Gasteiger partial charge in [0.2, 0.25) is 0 Å². The van der Waals surface area contributed by atoms with Crippen LogP contribution < -0.4 is 9.64 Å². The lowest BCUT2D eigenvalue weighted by molar-refractivity contribution is 0.437. The zero-order valence-electron chi connectivity index (χ0n) is 36.9. The van der Waals surface area contributed by atoms with Gasteiger partial charge in [0.1, 0.15) is 11.5 Å². The van der Waals surface area contributed by atoms with Crippen LogP contribution in [0.4, 0.5) is 17.1 Å². The first-order valence-corrected chi connectivity index (χ1v) is 23.0. The molecule has 10 aromatic carbocycles. The minimum atomic E-state index is -0.667. The van der Waals surface area contributed by atoms with Gasteiger partial charge in [0.05, 0.1) is 5.41 Å². The second-order valence-electron chi connectivity index (χ2n) is 18.4. The van der Waals surface area contributed by atoms with Crippen LogP contribution in [0.2, 0.25) is 0 Å².